The number of halogens is 1. The van der Waals surface area contributed by atoms with Crippen molar-refractivity contribution in [1.29, 1.82) is 0 Å². The van der Waals surface area contributed by atoms with Crippen molar-refractivity contribution in [2.75, 3.05) is 11.9 Å². The van der Waals surface area contributed by atoms with Gasteiger partial charge in [-0.25, -0.2) is 0 Å². The monoisotopic (exact) mass is 356 g/mol. The standard InChI is InChI=1S/C20H21BrO/c21-12-6-1-7-13-22-15-17-14-16-8-2-3-9-18(16)20-11-5-4-10-19(17)20/h2-5,8-11,14H,1,6-7,12-13,15H2. The van der Waals surface area contributed by atoms with Crippen molar-refractivity contribution in [3.05, 3.63) is 60.2 Å². The van der Waals surface area contributed by atoms with Gasteiger partial charge in [-0.05, 0) is 46.0 Å². The predicted molar refractivity (Wildman–Crippen MR) is 98.8 cm³/mol. The van der Waals surface area contributed by atoms with Crippen LogP contribution in [0.1, 0.15) is 24.8 Å². The Morgan fingerprint density at radius 1 is 0.773 bits per heavy atom. The summed E-state index contributed by atoms with van der Waals surface area (Å²) in [6, 6.07) is 19.5. The van der Waals surface area contributed by atoms with Gasteiger partial charge in [0.05, 0.1) is 6.61 Å². The summed E-state index contributed by atoms with van der Waals surface area (Å²) in [6.45, 7) is 1.54. The lowest BCUT2D eigenvalue weighted by atomic mass is 9.98. The SMILES string of the molecule is BrCCCCCOCc1cc2ccccc2c2ccccc12. The van der Waals surface area contributed by atoms with E-state index in [1.807, 2.05) is 0 Å². The van der Waals surface area contributed by atoms with Gasteiger partial charge in [-0.3, -0.25) is 0 Å². The molecule has 3 aromatic rings. The minimum atomic E-state index is 0.694. The summed E-state index contributed by atoms with van der Waals surface area (Å²) >= 11 is 3.46. The molecule has 0 unspecified atom stereocenters. The minimum Gasteiger partial charge on any atom is -0.377 e. The lowest BCUT2D eigenvalue weighted by molar-refractivity contribution is 0.118. The van der Waals surface area contributed by atoms with E-state index >= 15 is 0 Å². The van der Waals surface area contributed by atoms with E-state index in [-0.39, 0.29) is 0 Å². The molecule has 114 valence electrons. The van der Waals surface area contributed by atoms with Crippen LogP contribution in [0.2, 0.25) is 0 Å². The first-order valence-corrected chi connectivity index (χ1v) is 9.05. The van der Waals surface area contributed by atoms with E-state index in [1.54, 1.807) is 0 Å². The molecular weight excluding hydrogens is 336 g/mol. The molecule has 0 saturated carbocycles. The molecule has 0 bridgehead atoms. The number of fused-ring (bicyclic) bond motifs is 3. The molecule has 0 amide bonds. The molecular formula is C20H21BrO. The molecule has 0 radical (unpaired) electrons. The number of hydrogen-bond acceptors (Lipinski definition) is 1. The summed E-state index contributed by atoms with van der Waals surface area (Å²) in [6.07, 6.45) is 3.59. The molecule has 1 nitrogen and oxygen atoms in total. The number of rotatable bonds is 7. The summed E-state index contributed by atoms with van der Waals surface area (Å²) in [5.74, 6) is 0. The molecule has 0 aliphatic rings. The highest BCUT2D eigenvalue weighted by atomic mass is 79.9. The maximum atomic E-state index is 5.91. The predicted octanol–water partition coefficient (Wildman–Crippen LogP) is 6.07. The molecule has 0 heterocycles. The van der Waals surface area contributed by atoms with Crippen LogP contribution < -0.4 is 0 Å². The summed E-state index contributed by atoms with van der Waals surface area (Å²) in [4.78, 5) is 0. The molecule has 0 N–H and O–H groups in total. The van der Waals surface area contributed by atoms with Gasteiger partial charge in [-0.1, -0.05) is 70.9 Å². The van der Waals surface area contributed by atoms with Crippen LogP contribution in [0.25, 0.3) is 21.5 Å². The van der Waals surface area contributed by atoms with Crippen molar-refractivity contribution in [3.8, 4) is 0 Å². The number of hydrogen-bond donors (Lipinski definition) is 0. The van der Waals surface area contributed by atoms with Crippen LogP contribution in [0.3, 0.4) is 0 Å². The minimum absolute atomic E-state index is 0.694. The van der Waals surface area contributed by atoms with Gasteiger partial charge in [-0.2, -0.15) is 0 Å². The second-order valence-electron chi connectivity index (χ2n) is 5.60. The average molecular weight is 357 g/mol. The Hall–Kier alpha value is -1.38. The van der Waals surface area contributed by atoms with Gasteiger partial charge in [0.2, 0.25) is 0 Å². The lowest BCUT2D eigenvalue weighted by Crippen LogP contribution is -1.97. The van der Waals surface area contributed by atoms with Crippen LogP contribution in [0.5, 0.6) is 0 Å². The van der Waals surface area contributed by atoms with Crippen LogP contribution in [0.4, 0.5) is 0 Å². The van der Waals surface area contributed by atoms with Crippen molar-refractivity contribution in [1.82, 2.24) is 0 Å². The van der Waals surface area contributed by atoms with Crippen LogP contribution in [-0.4, -0.2) is 11.9 Å². The summed E-state index contributed by atoms with van der Waals surface area (Å²) in [7, 11) is 0. The van der Waals surface area contributed by atoms with Gasteiger partial charge in [-0.15, -0.1) is 0 Å². The Labute approximate surface area is 140 Å². The molecule has 0 fully saturated rings. The van der Waals surface area contributed by atoms with Crippen molar-refractivity contribution in [2.24, 2.45) is 0 Å². The van der Waals surface area contributed by atoms with Crippen molar-refractivity contribution in [3.63, 3.8) is 0 Å². The third kappa shape index (κ3) is 3.50. The molecule has 0 aliphatic heterocycles. The number of unbranched alkanes of at least 4 members (excludes halogenated alkanes) is 2. The van der Waals surface area contributed by atoms with Gasteiger partial charge in [0.1, 0.15) is 0 Å². The fourth-order valence-corrected chi connectivity index (χ4v) is 3.31. The fourth-order valence-electron chi connectivity index (χ4n) is 2.91. The van der Waals surface area contributed by atoms with Crippen LogP contribution in [-0.2, 0) is 11.3 Å². The average Bonchev–Trinajstić information content (AvgIpc) is 2.58. The molecule has 0 spiro atoms. The maximum absolute atomic E-state index is 5.91. The van der Waals surface area contributed by atoms with Crippen molar-refractivity contribution >= 4 is 37.5 Å². The first kappa shape index (κ1) is 15.5. The number of ether oxygens (including phenoxy) is 1. The maximum Gasteiger partial charge on any atom is 0.0723 e. The molecule has 3 rings (SSSR count). The third-order valence-corrected chi connectivity index (χ3v) is 4.59. The summed E-state index contributed by atoms with van der Waals surface area (Å²) in [5.41, 5.74) is 1.29. The van der Waals surface area contributed by atoms with Crippen molar-refractivity contribution < 1.29 is 4.74 Å². The Morgan fingerprint density at radius 2 is 1.50 bits per heavy atom. The van der Waals surface area contributed by atoms with Crippen molar-refractivity contribution in [2.45, 2.75) is 25.9 Å². The topological polar surface area (TPSA) is 9.23 Å². The summed E-state index contributed by atoms with van der Waals surface area (Å²) in [5, 5.41) is 6.32. The van der Waals surface area contributed by atoms with Crippen LogP contribution in [0.15, 0.2) is 54.6 Å². The molecule has 0 aromatic heterocycles. The molecule has 0 aliphatic carbocycles. The first-order chi connectivity index (χ1) is 10.9. The first-order valence-electron chi connectivity index (χ1n) is 7.93. The zero-order valence-electron chi connectivity index (χ0n) is 12.7. The Balaban J connectivity index is 1.82. The zero-order valence-corrected chi connectivity index (χ0v) is 14.3. The molecule has 2 heteroatoms. The van der Waals surface area contributed by atoms with Gasteiger partial charge in [0, 0.05) is 11.9 Å². The Kier molecular flexibility index (Phi) is 5.47. The fraction of sp³-hybridized carbons (Fsp3) is 0.300. The van der Waals surface area contributed by atoms with Gasteiger partial charge in [0.15, 0.2) is 0 Å². The highest BCUT2D eigenvalue weighted by Crippen LogP contribution is 2.29. The van der Waals surface area contributed by atoms with E-state index in [4.69, 9.17) is 4.74 Å². The van der Waals surface area contributed by atoms with E-state index in [9.17, 15) is 0 Å². The highest BCUT2D eigenvalue weighted by molar-refractivity contribution is 9.09. The number of alkyl halides is 1. The lowest BCUT2D eigenvalue weighted by Gasteiger charge is -2.11. The van der Waals surface area contributed by atoms with Gasteiger partial charge in [0.25, 0.3) is 0 Å². The Morgan fingerprint density at radius 3 is 2.32 bits per heavy atom. The summed E-state index contributed by atoms with van der Waals surface area (Å²) < 4.78 is 5.91. The molecule has 3 aromatic carbocycles. The molecule has 0 atom stereocenters. The van der Waals surface area contributed by atoms with E-state index in [1.165, 1.54) is 39.9 Å². The normalized spacial score (nSPS) is 11.3. The smallest absolute Gasteiger partial charge is 0.0723 e. The second-order valence-corrected chi connectivity index (χ2v) is 6.40. The Bertz CT molecular complexity index is 751. The molecule has 0 saturated heterocycles. The van der Waals surface area contributed by atoms with E-state index in [0.29, 0.717) is 6.61 Å². The number of benzene rings is 3. The second kappa shape index (κ2) is 7.75. The zero-order chi connectivity index (χ0) is 15.2. The van der Waals surface area contributed by atoms with E-state index < -0.39 is 0 Å². The third-order valence-electron chi connectivity index (χ3n) is 4.03. The molecule has 22 heavy (non-hydrogen) atoms. The van der Waals surface area contributed by atoms with E-state index in [0.717, 1.165) is 18.4 Å². The van der Waals surface area contributed by atoms with Crippen LogP contribution in [0, 0.1) is 0 Å². The van der Waals surface area contributed by atoms with E-state index in [2.05, 4.69) is 70.5 Å². The quantitative estimate of drug-likeness (QED) is 0.283. The largest absolute Gasteiger partial charge is 0.377 e. The van der Waals surface area contributed by atoms with Crippen LogP contribution >= 0.6 is 15.9 Å². The van der Waals surface area contributed by atoms with Gasteiger partial charge >= 0.3 is 0 Å². The highest BCUT2D eigenvalue weighted by Gasteiger charge is 2.06. The van der Waals surface area contributed by atoms with Gasteiger partial charge < -0.3 is 4.74 Å².